The first kappa shape index (κ1) is 14.3. The number of ketones is 1. The largest absolute Gasteiger partial charge is 0.311 e. The zero-order valence-corrected chi connectivity index (χ0v) is 12.9. The van der Waals surface area contributed by atoms with E-state index in [1.807, 2.05) is 32.0 Å². The maximum Gasteiger partial charge on any atom is 0.237 e. The van der Waals surface area contributed by atoms with Gasteiger partial charge < -0.3 is 4.90 Å². The predicted molar refractivity (Wildman–Crippen MR) is 79.3 cm³/mol. The molecule has 19 heavy (non-hydrogen) atoms. The zero-order chi connectivity index (χ0) is 14.0. The van der Waals surface area contributed by atoms with E-state index in [-0.39, 0.29) is 11.7 Å². The molecule has 3 nitrogen and oxygen atoms in total. The summed E-state index contributed by atoms with van der Waals surface area (Å²) in [6.07, 6.45) is 1.99. The van der Waals surface area contributed by atoms with Crippen molar-refractivity contribution in [1.82, 2.24) is 0 Å². The third-order valence-corrected chi connectivity index (χ3v) is 4.67. The van der Waals surface area contributed by atoms with Gasteiger partial charge in [-0.15, -0.1) is 0 Å². The van der Waals surface area contributed by atoms with E-state index in [1.54, 1.807) is 4.90 Å². The van der Waals surface area contributed by atoms with Crippen LogP contribution in [0.1, 0.15) is 31.7 Å². The van der Waals surface area contributed by atoms with Gasteiger partial charge in [-0.3, -0.25) is 9.59 Å². The second kappa shape index (κ2) is 5.87. The van der Waals surface area contributed by atoms with Gasteiger partial charge in [0.15, 0.2) is 0 Å². The molecule has 0 aromatic heterocycles. The molecule has 1 atom stereocenters. The van der Waals surface area contributed by atoms with E-state index in [2.05, 4.69) is 15.9 Å². The average molecular weight is 324 g/mol. The summed E-state index contributed by atoms with van der Waals surface area (Å²) < 4.78 is 0.938. The van der Waals surface area contributed by atoms with Crippen molar-refractivity contribution in [2.75, 3.05) is 11.4 Å². The zero-order valence-electron chi connectivity index (χ0n) is 11.3. The lowest BCUT2D eigenvalue weighted by Gasteiger charge is -2.32. The van der Waals surface area contributed by atoms with Crippen molar-refractivity contribution in [3.05, 3.63) is 28.2 Å². The summed E-state index contributed by atoms with van der Waals surface area (Å²) in [5, 5.41) is 0. The fourth-order valence-corrected chi connectivity index (χ4v) is 2.98. The van der Waals surface area contributed by atoms with E-state index in [0.29, 0.717) is 19.4 Å². The standard InChI is InChI=1S/C15H18BrNO2/c1-3-13(18)11-7-5-9-17(15(11)19)12-8-4-6-10(2)14(12)16/h4,6,8,11H,3,5,7,9H2,1-2H3/t11-/m0/s1. The third-order valence-electron chi connectivity index (χ3n) is 3.64. The van der Waals surface area contributed by atoms with Gasteiger partial charge >= 0.3 is 0 Å². The number of carbonyl (C=O) groups excluding carboxylic acids is 2. The molecule has 0 spiro atoms. The number of carbonyl (C=O) groups is 2. The lowest BCUT2D eigenvalue weighted by molar-refractivity contribution is -0.133. The normalized spacial score (nSPS) is 19.6. The average Bonchev–Trinajstić information content (AvgIpc) is 2.42. The molecule has 0 radical (unpaired) electrons. The van der Waals surface area contributed by atoms with Gasteiger partial charge in [-0.2, -0.15) is 0 Å². The van der Waals surface area contributed by atoms with Crippen LogP contribution in [0.15, 0.2) is 22.7 Å². The molecule has 1 aromatic carbocycles. The number of Topliss-reactive ketones (excluding diaryl/α,β-unsaturated/α-hetero) is 1. The van der Waals surface area contributed by atoms with Crippen LogP contribution in [0.4, 0.5) is 5.69 Å². The first-order valence-electron chi connectivity index (χ1n) is 6.65. The highest BCUT2D eigenvalue weighted by Crippen LogP contribution is 2.33. The molecule has 1 aliphatic heterocycles. The summed E-state index contributed by atoms with van der Waals surface area (Å²) in [6.45, 7) is 4.50. The second-order valence-corrected chi connectivity index (χ2v) is 5.71. The summed E-state index contributed by atoms with van der Waals surface area (Å²) in [5.74, 6) is -0.450. The Hall–Kier alpha value is -1.16. The lowest BCUT2D eigenvalue weighted by Crippen LogP contribution is -2.44. The molecular formula is C15H18BrNO2. The molecule has 1 fully saturated rings. The quantitative estimate of drug-likeness (QED) is 0.798. The van der Waals surface area contributed by atoms with Crippen molar-refractivity contribution >= 4 is 33.3 Å². The van der Waals surface area contributed by atoms with Crippen molar-refractivity contribution in [2.24, 2.45) is 5.92 Å². The van der Waals surface area contributed by atoms with Crippen LogP contribution >= 0.6 is 15.9 Å². The number of rotatable bonds is 3. The van der Waals surface area contributed by atoms with Crippen LogP contribution in [-0.4, -0.2) is 18.2 Å². The first-order chi connectivity index (χ1) is 9.06. The lowest BCUT2D eigenvalue weighted by atomic mass is 9.91. The molecule has 0 saturated carbocycles. The monoisotopic (exact) mass is 323 g/mol. The summed E-state index contributed by atoms with van der Waals surface area (Å²) >= 11 is 3.54. The van der Waals surface area contributed by atoms with Gasteiger partial charge in [-0.25, -0.2) is 0 Å². The van der Waals surface area contributed by atoms with E-state index < -0.39 is 5.92 Å². The van der Waals surface area contributed by atoms with Crippen LogP contribution in [0.2, 0.25) is 0 Å². The predicted octanol–water partition coefficient (Wildman–Crippen LogP) is 3.48. The molecule has 1 amide bonds. The van der Waals surface area contributed by atoms with Gasteiger partial charge in [0.25, 0.3) is 0 Å². The first-order valence-corrected chi connectivity index (χ1v) is 7.44. The van der Waals surface area contributed by atoms with Gasteiger partial charge in [0, 0.05) is 17.4 Å². The fourth-order valence-electron chi connectivity index (χ4n) is 2.50. The van der Waals surface area contributed by atoms with E-state index >= 15 is 0 Å². The van der Waals surface area contributed by atoms with Crippen LogP contribution < -0.4 is 4.90 Å². The Morgan fingerprint density at radius 2 is 2.21 bits per heavy atom. The van der Waals surface area contributed by atoms with Gasteiger partial charge in [0.2, 0.25) is 5.91 Å². The minimum absolute atomic E-state index is 0.0515. The van der Waals surface area contributed by atoms with E-state index in [4.69, 9.17) is 0 Å². The maximum absolute atomic E-state index is 12.5. The molecule has 1 heterocycles. The molecule has 2 rings (SSSR count). The summed E-state index contributed by atoms with van der Waals surface area (Å²) in [7, 11) is 0. The molecule has 1 saturated heterocycles. The van der Waals surface area contributed by atoms with Crippen LogP contribution in [0.3, 0.4) is 0 Å². The number of anilines is 1. The van der Waals surface area contributed by atoms with Crippen molar-refractivity contribution in [3.63, 3.8) is 0 Å². The molecule has 4 heteroatoms. The maximum atomic E-state index is 12.5. The Labute approximate surface area is 122 Å². The van der Waals surface area contributed by atoms with Gasteiger partial charge in [-0.05, 0) is 47.3 Å². The molecule has 0 unspecified atom stereocenters. The van der Waals surface area contributed by atoms with Crippen molar-refractivity contribution < 1.29 is 9.59 Å². The Morgan fingerprint density at radius 1 is 1.47 bits per heavy atom. The number of benzene rings is 1. The molecule has 102 valence electrons. The molecular weight excluding hydrogens is 306 g/mol. The third kappa shape index (κ3) is 2.73. The summed E-state index contributed by atoms with van der Waals surface area (Å²) in [5.41, 5.74) is 1.97. The smallest absolute Gasteiger partial charge is 0.237 e. The van der Waals surface area contributed by atoms with E-state index in [1.165, 1.54) is 0 Å². The fraction of sp³-hybridized carbons (Fsp3) is 0.467. The van der Waals surface area contributed by atoms with Gasteiger partial charge in [0.05, 0.1) is 11.6 Å². The Balaban J connectivity index is 2.32. The molecule has 0 bridgehead atoms. The highest BCUT2D eigenvalue weighted by atomic mass is 79.9. The van der Waals surface area contributed by atoms with Gasteiger partial charge in [0.1, 0.15) is 5.78 Å². The number of nitrogens with zero attached hydrogens (tertiary/aromatic N) is 1. The molecule has 1 aromatic rings. The topological polar surface area (TPSA) is 37.4 Å². The van der Waals surface area contributed by atoms with E-state index in [9.17, 15) is 9.59 Å². The minimum Gasteiger partial charge on any atom is -0.311 e. The Morgan fingerprint density at radius 3 is 2.89 bits per heavy atom. The number of hydrogen-bond acceptors (Lipinski definition) is 2. The number of piperidine rings is 1. The van der Waals surface area contributed by atoms with Gasteiger partial charge in [-0.1, -0.05) is 19.1 Å². The number of aryl methyl sites for hydroxylation is 1. The highest BCUT2D eigenvalue weighted by Gasteiger charge is 2.34. The Bertz CT molecular complexity index is 513. The number of hydrogen-bond donors (Lipinski definition) is 0. The summed E-state index contributed by atoms with van der Waals surface area (Å²) in [6, 6.07) is 5.86. The molecule has 1 aliphatic rings. The highest BCUT2D eigenvalue weighted by molar-refractivity contribution is 9.10. The van der Waals surface area contributed by atoms with E-state index in [0.717, 1.165) is 22.1 Å². The minimum atomic E-state index is -0.453. The van der Waals surface area contributed by atoms with Crippen molar-refractivity contribution in [2.45, 2.75) is 33.1 Å². The van der Waals surface area contributed by atoms with Crippen LogP contribution in [-0.2, 0) is 9.59 Å². The van der Waals surface area contributed by atoms with Crippen molar-refractivity contribution in [3.8, 4) is 0 Å². The molecule has 0 N–H and O–H groups in total. The van der Waals surface area contributed by atoms with Crippen LogP contribution in [0.25, 0.3) is 0 Å². The number of amides is 1. The second-order valence-electron chi connectivity index (χ2n) is 4.91. The SMILES string of the molecule is CCC(=O)[C@@H]1CCCN(c2cccc(C)c2Br)C1=O. The number of halogens is 1. The van der Waals surface area contributed by atoms with Crippen LogP contribution in [0.5, 0.6) is 0 Å². The van der Waals surface area contributed by atoms with Crippen molar-refractivity contribution in [1.29, 1.82) is 0 Å². The van der Waals surface area contributed by atoms with Crippen LogP contribution in [0, 0.1) is 12.8 Å². The molecule has 0 aliphatic carbocycles. The Kier molecular flexibility index (Phi) is 4.40. The summed E-state index contributed by atoms with van der Waals surface area (Å²) in [4.78, 5) is 26.1.